The molecule has 106 valence electrons. The fraction of sp³-hybridized carbons (Fsp3) is 0.714. The predicted octanol–water partition coefficient (Wildman–Crippen LogP) is 3.84. The molecular weight excluding hydrogens is 276 g/mol. The van der Waals surface area contributed by atoms with Crippen molar-refractivity contribution in [3.8, 4) is 0 Å². The van der Waals surface area contributed by atoms with Crippen molar-refractivity contribution in [2.75, 3.05) is 7.05 Å². The van der Waals surface area contributed by atoms with Crippen LogP contribution in [-0.2, 0) is 11.2 Å². The molecule has 0 aromatic carbocycles. The number of carbonyl (C=O) groups excluding carboxylic acids is 1. The molecule has 2 rings (SSSR count). The molecule has 1 aliphatic rings. The largest absolute Gasteiger partial charge is 0.342 e. The molecule has 1 aliphatic carbocycles. The number of hydrogen-bond donors (Lipinski definition) is 1. The number of carbonyl (C=O) groups is 1. The molecule has 1 fully saturated rings. The summed E-state index contributed by atoms with van der Waals surface area (Å²) in [6.45, 7) is 1.99. The van der Waals surface area contributed by atoms with E-state index >= 15 is 0 Å². The number of aromatic nitrogens is 1. The molecule has 0 radical (unpaired) electrons. The summed E-state index contributed by atoms with van der Waals surface area (Å²) in [6.07, 6.45) is 7.94. The highest BCUT2D eigenvalue weighted by molar-refractivity contribution is 7.73. The molecule has 1 N–H and O–H groups in total. The Kier molecular flexibility index (Phi) is 5.16. The minimum atomic E-state index is 0.222. The van der Waals surface area contributed by atoms with E-state index in [0.29, 0.717) is 12.5 Å². The molecule has 1 aromatic rings. The molecule has 1 amide bonds. The molecule has 3 nitrogen and oxygen atoms in total. The second kappa shape index (κ2) is 6.66. The molecular formula is C14H22N2OS2. The van der Waals surface area contributed by atoms with Gasteiger partial charge in [0.2, 0.25) is 5.91 Å². The van der Waals surface area contributed by atoms with Crippen LogP contribution in [-0.4, -0.2) is 28.9 Å². The first-order chi connectivity index (χ1) is 9.08. The van der Waals surface area contributed by atoms with Gasteiger partial charge in [-0.1, -0.05) is 25.7 Å². The smallest absolute Gasteiger partial charge is 0.227 e. The van der Waals surface area contributed by atoms with E-state index in [1.165, 1.54) is 37.0 Å². The van der Waals surface area contributed by atoms with Crippen LogP contribution >= 0.6 is 23.6 Å². The topological polar surface area (TPSA) is 36.1 Å². The Morgan fingerprint density at radius 1 is 1.37 bits per heavy atom. The summed E-state index contributed by atoms with van der Waals surface area (Å²) in [7, 11) is 1.96. The Bertz CT molecular complexity index is 484. The molecule has 1 heterocycles. The van der Waals surface area contributed by atoms with Crippen LogP contribution < -0.4 is 0 Å². The number of aromatic amines is 1. The fourth-order valence-electron chi connectivity index (χ4n) is 2.72. The summed E-state index contributed by atoms with van der Waals surface area (Å²) in [5.74, 6) is 0.222. The molecule has 0 bridgehead atoms. The highest BCUT2D eigenvalue weighted by Gasteiger charge is 2.22. The Hall–Kier alpha value is -0.680. The van der Waals surface area contributed by atoms with Gasteiger partial charge >= 0.3 is 0 Å². The number of hydrogen-bond acceptors (Lipinski definition) is 3. The van der Waals surface area contributed by atoms with Gasteiger partial charge in [0.25, 0.3) is 0 Å². The first-order valence-electron chi connectivity index (χ1n) is 7.02. The van der Waals surface area contributed by atoms with Gasteiger partial charge in [-0.15, -0.1) is 11.3 Å². The third-order valence-electron chi connectivity index (χ3n) is 4.00. The van der Waals surface area contributed by atoms with E-state index in [0.717, 1.165) is 27.4 Å². The summed E-state index contributed by atoms with van der Waals surface area (Å²) in [5, 5.41) is 0. The Labute approximate surface area is 124 Å². The normalized spacial score (nSPS) is 17.2. The van der Waals surface area contributed by atoms with Crippen LogP contribution in [0.25, 0.3) is 0 Å². The van der Waals surface area contributed by atoms with Crippen molar-refractivity contribution >= 4 is 29.5 Å². The Morgan fingerprint density at radius 2 is 2.00 bits per heavy atom. The zero-order valence-corrected chi connectivity index (χ0v) is 13.3. The minimum absolute atomic E-state index is 0.222. The zero-order valence-electron chi connectivity index (χ0n) is 11.7. The van der Waals surface area contributed by atoms with Gasteiger partial charge in [0.1, 0.15) is 0 Å². The second-order valence-corrected chi connectivity index (χ2v) is 7.16. The van der Waals surface area contributed by atoms with E-state index in [9.17, 15) is 4.79 Å². The van der Waals surface area contributed by atoms with Crippen molar-refractivity contribution in [1.29, 1.82) is 0 Å². The van der Waals surface area contributed by atoms with Gasteiger partial charge in [-0.3, -0.25) is 4.79 Å². The molecule has 0 aliphatic heterocycles. The van der Waals surface area contributed by atoms with Gasteiger partial charge in [0.15, 0.2) is 3.95 Å². The van der Waals surface area contributed by atoms with Gasteiger partial charge < -0.3 is 9.88 Å². The third-order valence-corrected chi connectivity index (χ3v) is 5.34. The fourth-order valence-corrected chi connectivity index (χ4v) is 4.00. The zero-order chi connectivity index (χ0) is 13.8. The number of thiazole rings is 1. The van der Waals surface area contributed by atoms with Crippen LogP contribution in [0.1, 0.15) is 49.1 Å². The SMILES string of the molecule is Cc1[nH]c(=S)sc1CC(=O)N(C)C1CCCCCC1. The highest BCUT2D eigenvalue weighted by atomic mass is 32.1. The van der Waals surface area contributed by atoms with Crippen molar-refractivity contribution in [1.82, 2.24) is 9.88 Å². The molecule has 1 aromatic heterocycles. The number of rotatable bonds is 3. The molecule has 0 spiro atoms. The Balaban J connectivity index is 1.98. The van der Waals surface area contributed by atoms with Crippen LogP contribution in [0.2, 0.25) is 0 Å². The second-order valence-electron chi connectivity index (χ2n) is 5.39. The van der Waals surface area contributed by atoms with Crippen molar-refractivity contribution in [2.45, 2.75) is 57.9 Å². The molecule has 5 heteroatoms. The molecule has 0 unspecified atom stereocenters. The number of nitrogens with one attached hydrogen (secondary N) is 1. The highest BCUT2D eigenvalue weighted by Crippen LogP contribution is 2.22. The van der Waals surface area contributed by atoms with E-state index in [-0.39, 0.29) is 5.91 Å². The van der Waals surface area contributed by atoms with Gasteiger partial charge in [0.05, 0.1) is 6.42 Å². The number of likely N-dealkylation sites (N-methyl/N-ethyl adjacent to an activating group) is 1. The Morgan fingerprint density at radius 3 is 2.53 bits per heavy atom. The number of H-pyrrole nitrogens is 1. The molecule has 0 atom stereocenters. The van der Waals surface area contributed by atoms with Gasteiger partial charge in [-0.2, -0.15) is 0 Å². The predicted molar refractivity (Wildman–Crippen MR) is 82.2 cm³/mol. The summed E-state index contributed by atoms with van der Waals surface area (Å²) < 4.78 is 0.761. The maximum atomic E-state index is 12.4. The monoisotopic (exact) mass is 298 g/mol. The number of amides is 1. The number of aryl methyl sites for hydroxylation is 1. The van der Waals surface area contributed by atoms with Crippen molar-refractivity contribution in [3.05, 3.63) is 14.5 Å². The van der Waals surface area contributed by atoms with Crippen LogP contribution in [0.4, 0.5) is 0 Å². The lowest BCUT2D eigenvalue weighted by Gasteiger charge is -2.27. The van der Waals surface area contributed by atoms with Gasteiger partial charge in [-0.25, -0.2) is 0 Å². The molecule has 1 saturated carbocycles. The third kappa shape index (κ3) is 3.89. The first kappa shape index (κ1) is 14.7. The summed E-state index contributed by atoms with van der Waals surface area (Å²) in [6, 6.07) is 0.433. The standard InChI is InChI=1S/C14H22N2OS2/c1-10-12(19-14(18)15-10)9-13(17)16(2)11-7-5-3-4-6-8-11/h11H,3-9H2,1-2H3,(H,15,18). The van der Waals surface area contributed by atoms with Crippen LogP contribution in [0.5, 0.6) is 0 Å². The number of nitrogens with zero attached hydrogens (tertiary/aromatic N) is 1. The van der Waals surface area contributed by atoms with E-state index < -0.39 is 0 Å². The van der Waals surface area contributed by atoms with E-state index in [1.54, 1.807) is 0 Å². The van der Waals surface area contributed by atoms with Crippen molar-refractivity contribution in [3.63, 3.8) is 0 Å². The molecule has 19 heavy (non-hydrogen) atoms. The maximum Gasteiger partial charge on any atom is 0.227 e. The van der Waals surface area contributed by atoms with Gasteiger partial charge in [0, 0.05) is 23.7 Å². The van der Waals surface area contributed by atoms with Crippen LogP contribution in [0.3, 0.4) is 0 Å². The maximum absolute atomic E-state index is 12.4. The van der Waals surface area contributed by atoms with Gasteiger partial charge in [-0.05, 0) is 32.0 Å². The summed E-state index contributed by atoms with van der Waals surface area (Å²) in [5.41, 5.74) is 1.04. The first-order valence-corrected chi connectivity index (χ1v) is 8.24. The summed E-state index contributed by atoms with van der Waals surface area (Å²) >= 11 is 6.64. The minimum Gasteiger partial charge on any atom is -0.342 e. The average Bonchev–Trinajstić information content (AvgIpc) is 2.61. The molecule has 0 saturated heterocycles. The summed E-state index contributed by atoms with van der Waals surface area (Å²) in [4.78, 5) is 18.5. The lowest BCUT2D eigenvalue weighted by atomic mass is 10.1. The average molecular weight is 298 g/mol. The van der Waals surface area contributed by atoms with Crippen LogP contribution in [0.15, 0.2) is 0 Å². The van der Waals surface area contributed by atoms with E-state index in [2.05, 4.69) is 4.98 Å². The quantitative estimate of drug-likeness (QED) is 0.680. The van der Waals surface area contributed by atoms with E-state index in [1.807, 2.05) is 18.9 Å². The van der Waals surface area contributed by atoms with Crippen molar-refractivity contribution < 1.29 is 4.79 Å². The van der Waals surface area contributed by atoms with E-state index in [4.69, 9.17) is 12.2 Å². The van der Waals surface area contributed by atoms with Crippen LogP contribution in [0, 0.1) is 10.9 Å². The lowest BCUT2D eigenvalue weighted by Crippen LogP contribution is -2.37. The lowest BCUT2D eigenvalue weighted by molar-refractivity contribution is -0.131. The van der Waals surface area contributed by atoms with Crippen molar-refractivity contribution in [2.24, 2.45) is 0 Å².